The largest absolute Gasteiger partial charge is 0.496 e. The molecule has 0 aromatic heterocycles. The quantitative estimate of drug-likeness (QED) is 0.816. The van der Waals surface area contributed by atoms with Crippen molar-refractivity contribution in [3.05, 3.63) is 23.8 Å². The molecule has 0 heterocycles. The predicted octanol–water partition coefficient (Wildman–Crippen LogP) is 2.21. The van der Waals surface area contributed by atoms with E-state index in [0.29, 0.717) is 23.6 Å². The van der Waals surface area contributed by atoms with E-state index in [4.69, 9.17) is 15.2 Å². The van der Waals surface area contributed by atoms with Crippen molar-refractivity contribution in [1.29, 1.82) is 0 Å². The molecule has 3 N–H and O–H groups in total. The highest BCUT2D eigenvalue weighted by Gasteiger charge is 2.49. The van der Waals surface area contributed by atoms with E-state index in [0.717, 1.165) is 6.42 Å². The summed E-state index contributed by atoms with van der Waals surface area (Å²) in [6.07, 6.45) is 1.00. The van der Waals surface area contributed by atoms with Gasteiger partial charge in [-0.2, -0.15) is 0 Å². The highest BCUT2D eigenvalue weighted by Crippen LogP contribution is 2.43. The maximum absolute atomic E-state index is 12.5. The number of anilines is 1. The van der Waals surface area contributed by atoms with Crippen molar-refractivity contribution >= 4 is 11.6 Å². The number of nitrogen functional groups attached to an aromatic ring is 1. The Morgan fingerprint density at radius 3 is 2.76 bits per heavy atom. The number of nitrogens with two attached hydrogens (primary N) is 1. The fourth-order valence-corrected chi connectivity index (χ4v) is 2.81. The Morgan fingerprint density at radius 1 is 1.48 bits per heavy atom. The Bertz CT molecular complexity index is 528. The molecule has 1 aliphatic carbocycles. The van der Waals surface area contributed by atoms with Crippen LogP contribution in [0.2, 0.25) is 0 Å². The van der Waals surface area contributed by atoms with Gasteiger partial charge in [-0.15, -0.1) is 0 Å². The first kappa shape index (κ1) is 15.6. The molecular weight excluding hydrogens is 268 g/mol. The van der Waals surface area contributed by atoms with Gasteiger partial charge in [-0.25, -0.2) is 0 Å². The molecule has 0 radical (unpaired) electrons. The van der Waals surface area contributed by atoms with Crippen LogP contribution in [0, 0.1) is 5.41 Å². The van der Waals surface area contributed by atoms with Crippen molar-refractivity contribution in [3.8, 4) is 5.75 Å². The van der Waals surface area contributed by atoms with Crippen molar-refractivity contribution in [2.24, 2.45) is 5.41 Å². The number of hydrogen-bond acceptors (Lipinski definition) is 4. The maximum Gasteiger partial charge on any atom is 0.257 e. The molecule has 0 saturated heterocycles. The molecule has 1 aromatic rings. The molecule has 1 amide bonds. The molecule has 0 aliphatic heterocycles. The molecule has 2 atom stereocenters. The molecule has 5 nitrogen and oxygen atoms in total. The van der Waals surface area contributed by atoms with Gasteiger partial charge in [-0.1, -0.05) is 19.9 Å². The minimum atomic E-state index is -0.196. The average Bonchev–Trinajstić information content (AvgIpc) is 2.45. The van der Waals surface area contributed by atoms with Gasteiger partial charge in [0.05, 0.1) is 13.2 Å². The Labute approximate surface area is 125 Å². The lowest BCUT2D eigenvalue weighted by molar-refractivity contribution is -0.111. The molecule has 1 saturated carbocycles. The number of rotatable bonds is 5. The third kappa shape index (κ3) is 2.83. The van der Waals surface area contributed by atoms with E-state index in [-0.39, 0.29) is 23.5 Å². The number of carbonyl (C=O) groups excluding carboxylic acids is 1. The second-order valence-corrected chi connectivity index (χ2v) is 5.95. The van der Waals surface area contributed by atoms with E-state index in [9.17, 15) is 4.79 Å². The van der Waals surface area contributed by atoms with Gasteiger partial charge in [0.15, 0.2) is 0 Å². The van der Waals surface area contributed by atoms with E-state index < -0.39 is 0 Å². The summed E-state index contributed by atoms with van der Waals surface area (Å²) in [5.41, 5.74) is 6.65. The molecule has 2 rings (SSSR count). The second kappa shape index (κ2) is 5.93. The molecule has 0 spiro atoms. The summed E-state index contributed by atoms with van der Waals surface area (Å²) in [6.45, 7) is 6.88. The van der Waals surface area contributed by atoms with Gasteiger partial charge in [0.1, 0.15) is 11.3 Å². The van der Waals surface area contributed by atoms with E-state index in [2.05, 4.69) is 19.2 Å². The summed E-state index contributed by atoms with van der Waals surface area (Å²) in [7, 11) is 1.53. The third-order valence-electron chi connectivity index (χ3n) is 4.36. The van der Waals surface area contributed by atoms with Crippen LogP contribution in [0.1, 0.15) is 37.6 Å². The van der Waals surface area contributed by atoms with Gasteiger partial charge in [-0.3, -0.25) is 4.79 Å². The standard InChI is InChI=1S/C16H24N2O3/c1-5-21-13-9-12(16(13,2)3)18-15(19)14-10(17)7-6-8-11(14)20-4/h6-8,12-13H,5,9,17H2,1-4H3,(H,18,19). The van der Waals surface area contributed by atoms with E-state index in [1.54, 1.807) is 18.2 Å². The summed E-state index contributed by atoms with van der Waals surface area (Å²) in [5, 5.41) is 3.05. The highest BCUT2D eigenvalue weighted by molar-refractivity contribution is 6.02. The molecule has 1 fully saturated rings. The second-order valence-electron chi connectivity index (χ2n) is 5.95. The van der Waals surface area contributed by atoms with Crippen LogP contribution in [-0.4, -0.2) is 31.8 Å². The first-order valence-corrected chi connectivity index (χ1v) is 7.26. The van der Waals surface area contributed by atoms with Gasteiger partial charge >= 0.3 is 0 Å². The number of ether oxygens (including phenoxy) is 2. The first-order chi connectivity index (χ1) is 9.91. The van der Waals surface area contributed by atoms with Gasteiger partial charge in [0.25, 0.3) is 5.91 Å². The van der Waals surface area contributed by atoms with Crippen molar-refractivity contribution < 1.29 is 14.3 Å². The number of carbonyl (C=O) groups is 1. The Balaban J connectivity index is 2.10. The smallest absolute Gasteiger partial charge is 0.257 e. The van der Waals surface area contributed by atoms with Crippen LogP contribution in [0.25, 0.3) is 0 Å². The normalized spacial score (nSPS) is 23.2. The Morgan fingerprint density at radius 2 is 2.19 bits per heavy atom. The molecule has 1 aromatic carbocycles. The minimum Gasteiger partial charge on any atom is -0.496 e. The summed E-state index contributed by atoms with van der Waals surface area (Å²) < 4.78 is 10.9. The van der Waals surface area contributed by atoms with E-state index >= 15 is 0 Å². The summed E-state index contributed by atoms with van der Waals surface area (Å²) in [5.74, 6) is 0.295. The predicted molar refractivity (Wildman–Crippen MR) is 82.5 cm³/mol. The number of benzene rings is 1. The lowest BCUT2D eigenvalue weighted by atomic mass is 9.64. The molecule has 2 unspecified atom stereocenters. The topological polar surface area (TPSA) is 73.6 Å². The first-order valence-electron chi connectivity index (χ1n) is 7.26. The van der Waals surface area contributed by atoms with Gasteiger partial charge in [0.2, 0.25) is 0 Å². The SMILES string of the molecule is CCOC1CC(NC(=O)c2c(N)cccc2OC)C1(C)C. The van der Waals surface area contributed by atoms with Gasteiger partial charge in [-0.05, 0) is 25.5 Å². The summed E-state index contributed by atoms with van der Waals surface area (Å²) in [6, 6.07) is 5.28. The maximum atomic E-state index is 12.5. The number of nitrogens with one attached hydrogen (secondary N) is 1. The van der Waals surface area contributed by atoms with Crippen LogP contribution < -0.4 is 15.8 Å². The van der Waals surface area contributed by atoms with Crippen LogP contribution in [0.15, 0.2) is 18.2 Å². The van der Waals surface area contributed by atoms with Crippen molar-refractivity contribution in [3.63, 3.8) is 0 Å². The van der Waals surface area contributed by atoms with Crippen molar-refractivity contribution in [2.45, 2.75) is 39.3 Å². The van der Waals surface area contributed by atoms with Crippen LogP contribution in [0.3, 0.4) is 0 Å². The number of methoxy groups -OCH3 is 1. The third-order valence-corrected chi connectivity index (χ3v) is 4.36. The van der Waals surface area contributed by atoms with Gasteiger partial charge < -0.3 is 20.5 Å². The number of hydrogen-bond donors (Lipinski definition) is 2. The molecule has 1 aliphatic rings. The zero-order valence-corrected chi connectivity index (χ0v) is 13.1. The van der Waals surface area contributed by atoms with Crippen LogP contribution in [-0.2, 0) is 4.74 Å². The molecule has 116 valence electrons. The highest BCUT2D eigenvalue weighted by atomic mass is 16.5. The van der Waals surface area contributed by atoms with Crippen molar-refractivity contribution in [2.75, 3.05) is 19.5 Å². The Hall–Kier alpha value is -1.75. The fourth-order valence-electron chi connectivity index (χ4n) is 2.81. The monoisotopic (exact) mass is 292 g/mol. The lowest BCUT2D eigenvalue weighted by Crippen LogP contribution is -2.62. The summed E-state index contributed by atoms with van der Waals surface area (Å²) in [4.78, 5) is 12.5. The zero-order valence-electron chi connectivity index (χ0n) is 13.1. The van der Waals surface area contributed by atoms with Crippen molar-refractivity contribution in [1.82, 2.24) is 5.32 Å². The van der Waals surface area contributed by atoms with E-state index in [1.165, 1.54) is 7.11 Å². The van der Waals surface area contributed by atoms with Crippen LogP contribution in [0.4, 0.5) is 5.69 Å². The van der Waals surface area contributed by atoms with Gasteiger partial charge in [0, 0.05) is 23.8 Å². The average molecular weight is 292 g/mol. The van der Waals surface area contributed by atoms with Crippen LogP contribution in [0.5, 0.6) is 5.75 Å². The molecule has 21 heavy (non-hydrogen) atoms. The molecular formula is C16H24N2O3. The van der Waals surface area contributed by atoms with Crippen LogP contribution >= 0.6 is 0 Å². The molecule has 5 heteroatoms. The zero-order chi connectivity index (χ0) is 15.6. The fraction of sp³-hybridized carbons (Fsp3) is 0.562. The summed E-state index contributed by atoms with van der Waals surface area (Å²) >= 11 is 0. The molecule has 0 bridgehead atoms. The Kier molecular flexibility index (Phi) is 4.42. The lowest BCUT2D eigenvalue weighted by Gasteiger charge is -2.51. The van der Waals surface area contributed by atoms with E-state index in [1.807, 2.05) is 6.92 Å². The number of amides is 1. The minimum absolute atomic E-state index is 0.0749.